The standard InChI is InChI=1S/C20H30N2O3/c1-3-7-19-10-21-12-20(8-4-2,18(19)25)13-22(11-19)17(21)15-6-5-14(23)9-16(15)24/h5-6,9,17-18,23-25H,3-4,7-8,10-13H2,1-2H3. The molecule has 0 amide bonds. The predicted molar refractivity (Wildman–Crippen MR) is 96.3 cm³/mol. The number of aliphatic hydroxyl groups is 1. The lowest BCUT2D eigenvalue weighted by atomic mass is 9.56. The highest BCUT2D eigenvalue weighted by Gasteiger charge is 2.64. The molecule has 5 rings (SSSR count). The smallest absolute Gasteiger partial charge is 0.125 e. The number of benzene rings is 1. The Labute approximate surface area is 149 Å². The Kier molecular flexibility index (Phi) is 4.02. The molecule has 4 saturated heterocycles. The fourth-order valence-corrected chi connectivity index (χ4v) is 6.13. The van der Waals surface area contributed by atoms with Crippen LogP contribution in [0.4, 0.5) is 0 Å². The van der Waals surface area contributed by atoms with Crippen molar-refractivity contribution in [3.05, 3.63) is 23.8 Å². The largest absolute Gasteiger partial charge is 0.508 e. The second-order valence-corrected chi connectivity index (χ2v) is 8.55. The van der Waals surface area contributed by atoms with Gasteiger partial charge in [0.15, 0.2) is 0 Å². The van der Waals surface area contributed by atoms with E-state index in [1.807, 2.05) is 6.07 Å². The van der Waals surface area contributed by atoms with Gasteiger partial charge in [0.25, 0.3) is 0 Å². The Morgan fingerprint density at radius 3 is 1.92 bits per heavy atom. The summed E-state index contributed by atoms with van der Waals surface area (Å²) < 4.78 is 0. The minimum atomic E-state index is -0.234. The zero-order chi connectivity index (χ0) is 17.8. The highest BCUT2D eigenvalue weighted by atomic mass is 16.3. The first-order chi connectivity index (χ1) is 11.9. The second-order valence-electron chi connectivity index (χ2n) is 8.55. The molecule has 0 radical (unpaired) electrons. The Morgan fingerprint density at radius 2 is 1.48 bits per heavy atom. The highest BCUT2D eigenvalue weighted by Crippen LogP contribution is 2.58. The number of hydrogen-bond acceptors (Lipinski definition) is 5. The van der Waals surface area contributed by atoms with Gasteiger partial charge in [-0.3, -0.25) is 9.80 Å². The van der Waals surface area contributed by atoms with Crippen molar-refractivity contribution in [3.8, 4) is 11.5 Å². The van der Waals surface area contributed by atoms with E-state index in [1.54, 1.807) is 6.07 Å². The van der Waals surface area contributed by atoms with E-state index in [4.69, 9.17) is 0 Å². The molecule has 0 aliphatic carbocycles. The lowest BCUT2D eigenvalue weighted by Gasteiger charge is -2.70. The van der Waals surface area contributed by atoms with Crippen LogP contribution >= 0.6 is 0 Å². The summed E-state index contributed by atoms with van der Waals surface area (Å²) in [6.07, 6.45) is 4.05. The Balaban J connectivity index is 1.73. The molecule has 4 aliphatic heterocycles. The maximum atomic E-state index is 11.3. The molecule has 3 N–H and O–H groups in total. The summed E-state index contributed by atoms with van der Waals surface area (Å²) in [5.74, 6) is 0.252. The van der Waals surface area contributed by atoms with E-state index in [9.17, 15) is 15.3 Å². The molecule has 4 bridgehead atoms. The van der Waals surface area contributed by atoms with E-state index < -0.39 is 0 Å². The van der Waals surface area contributed by atoms with Gasteiger partial charge in [-0.05, 0) is 25.0 Å². The van der Waals surface area contributed by atoms with Crippen LogP contribution in [0.5, 0.6) is 11.5 Å². The van der Waals surface area contributed by atoms with Gasteiger partial charge in [0.05, 0.1) is 12.3 Å². The third-order valence-corrected chi connectivity index (χ3v) is 6.71. The number of aromatic hydroxyl groups is 2. The van der Waals surface area contributed by atoms with Gasteiger partial charge in [-0.2, -0.15) is 0 Å². The van der Waals surface area contributed by atoms with Crippen LogP contribution in [0.25, 0.3) is 0 Å². The molecule has 4 aliphatic rings. The van der Waals surface area contributed by atoms with Crippen molar-refractivity contribution in [2.24, 2.45) is 10.8 Å². The van der Waals surface area contributed by atoms with E-state index >= 15 is 0 Å². The van der Waals surface area contributed by atoms with Gasteiger partial charge in [0, 0.05) is 48.6 Å². The molecule has 0 spiro atoms. The maximum Gasteiger partial charge on any atom is 0.125 e. The molecule has 0 atom stereocenters. The third-order valence-electron chi connectivity index (χ3n) is 6.71. The highest BCUT2D eigenvalue weighted by molar-refractivity contribution is 5.41. The fourth-order valence-electron chi connectivity index (χ4n) is 6.13. The van der Waals surface area contributed by atoms with Crippen LogP contribution in [0.1, 0.15) is 51.3 Å². The predicted octanol–water partition coefficient (Wildman–Crippen LogP) is 2.68. The number of piperidine rings is 2. The van der Waals surface area contributed by atoms with Gasteiger partial charge in [-0.15, -0.1) is 0 Å². The van der Waals surface area contributed by atoms with Gasteiger partial charge < -0.3 is 15.3 Å². The Bertz CT molecular complexity index is 620. The van der Waals surface area contributed by atoms with E-state index in [0.717, 1.165) is 57.4 Å². The van der Waals surface area contributed by atoms with Crippen molar-refractivity contribution in [2.45, 2.75) is 51.8 Å². The summed E-state index contributed by atoms with van der Waals surface area (Å²) in [4.78, 5) is 4.91. The van der Waals surface area contributed by atoms with Crippen LogP contribution in [0, 0.1) is 10.8 Å². The number of hydrogen-bond donors (Lipinski definition) is 3. The molecular weight excluding hydrogens is 316 g/mol. The van der Waals surface area contributed by atoms with Gasteiger partial charge in [-0.1, -0.05) is 26.7 Å². The summed E-state index contributed by atoms with van der Waals surface area (Å²) in [5, 5.41) is 31.3. The zero-order valence-electron chi connectivity index (χ0n) is 15.3. The average Bonchev–Trinajstić information content (AvgIpc) is 2.53. The van der Waals surface area contributed by atoms with Crippen molar-refractivity contribution in [2.75, 3.05) is 26.2 Å². The van der Waals surface area contributed by atoms with Crippen molar-refractivity contribution >= 4 is 0 Å². The molecule has 25 heavy (non-hydrogen) atoms. The third kappa shape index (κ3) is 2.40. The Hall–Kier alpha value is -1.30. The summed E-state index contributed by atoms with van der Waals surface area (Å²) in [7, 11) is 0. The molecule has 138 valence electrons. The summed E-state index contributed by atoms with van der Waals surface area (Å²) >= 11 is 0. The molecule has 0 unspecified atom stereocenters. The van der Waals surface area contributed by atoms with Crippen molar-refractivity contribution in [3.63, 3.8) is 0 Å². The number of rotatable bonds is 5. The molecule has 4 heterocycles. The molecule has 4 fully saturated rings. The molecule has 5 heteroatoms. The second kappa shape index (κ2) is 5.86. The summed E-state index contributed by atoms with van der Waals surface area (Å²) in [5.41, 5.74) is 0.761. The van der Waals surface area contributed by atoms with Crippen molar-refractivity contribution in [1.82, 2.24) is 9.80 Å². The van der Waals surface area contributed by atoms with E-state index in [2.05, 4.69) is 23.6 Å². The van der Waals surface area contributed by atoms with E-state index in [1.165, 1.54) is 6.07 Å². The van der Waals surface area contributed by atoms with Crippen LogP contribution in [0.3, 0.4) is 0 Å². The molecular formula is C20H30N2O3. The molecule has 1 aromatic carbocycles. The number of phenols is 2. The lowest BCUT2D eigenvalue weighted by molar-refractivity contribution is -0.268. The minimum Gasteiger partial charge on any atom is -0.508 e. The van der Waals surface area contributed by atoms with E-state index in [-0.39, 0.29) is 34.6 Å². The lowest BCUT2D eigenvalue weighted by Crippen LogP contribution is -2.78. The van der Waals surface area contributed by atoms with Crippen LogP contribution in [0.15, 0.2) is 18.2 Å². The van der Waals surface area contributed by atoms with Gasteiger partial charge in [0.1, 0.15) is 11.5 Å². The number of nitrogens with zero attached hydrogens (tertiary/aromatic N) is 2. The molecule has 0 aromatic heterocycles. The van der Waals surface area contributed by atoms with E-state index in [0.29, 0.717) is 0 Å². The average molecular weight is 346 g/mol. The number of phenolic OH excluding ortho intramolecular Hbond substituents is 2. The SMILES string of the molecule is CCCC12CN3CC(CCC)(CN(C1)C3c1ccc(O)cc1O)C2O. The van der Waals surface area contributed by atoms with Gasteiger partial charge in [0.2, 0.25) is 0 Å². The van der Waals surface area contributed by atoms with Crippen molar-refractivity contribution in [1.29, 1.82) is 0 Å². The monoisotopic (exact) mass is 346 g/mol. The first-order valence-electron chi connectivity index (χ1n) is 9.63. The van der Waals surface area contributed by atoms with Gasteiger partial charge in [-0.25, -0.2) is 0 Å². The number of aliphatic hydroxyl groups excluding tert-OH is 1. The van der Waals surface area contributed by atoms with Crippen molar-refractivity contribution < 1.29 is 15.3 Å². The topological polar surface area (TPSA) is 67.2 Å². The van der Waals surface area contributed by atoms with Crippen LogP contribution in [-0.2, 0) is 0 Å². The summed E-state index contributed by atoms with van der Waals surface area (Å²) in [6.45, 7) is 7.94. The quantitative estimate of drug-likeness (QED) is 0.765. The Morgan fingerprint density at radius 1 is 0.960 bits per heavy atom. The van der Waals surface area contributed by atoms with Crippen LogP contribution in [0.2, 0.25) is 0 Å². The normalized spacial score (nSPS) is 42.0. The summed E-state index contributed by atoms with van der Waals surface area (Å²) in [6, 6.07) is 4.93. The fraction of sp³-hybridized carbons (Fsp3) is 0.700. The molecule has 1 aromatic rings. The van der Waals surface area contributed by atoms with Gasteiger partial charge >= 0.3 is 0 Å². The molecule has 0 saturated carbocycles. The minimum absolute atomic E-state index is 0.0445. The first kappa shape index (κ1) is 17.1. The zero-order valence-corrected chi connectivity index (χ0v) is 15.3. The van der Waals surface area contributed by atoms with Crippen LogP contribution in [-0.4, -0.2) is 57.4 Å². The molecule has 5 nitrogen and oxygen atoms in total. The first-order valence-corrected chi connectivity index (χ1v) is 9.63. The maximum absolute atomic E-state index is 11.3. The van der Waals surface area contributed by atoms with Crippen LogP contribution < -0.4 is 0 Å².